The molecular weight excluding hydrogens is 359 g/mol. The summed E-state index contributed by atoms with van der Waals surface area (Å²) >= 11 is 0. The van der Waals surface area contributed by atoms with Crippen LogP contribution in [0.1, 0.15) is 6.42 Å². The molecule has 0 amide bonds. The van der Waals surface area contributed by atoms with Crippen molar-refractivity contribution in [2.75, 3.05) is 18.7 Å². The first-order chi connectivity index (χ1) is 11.7. The van der Waals surface area contributed by atoms with Crippen LogP contribution >= 0.6 is 7.52 Å². The van der Waals surface area contributed by atoms with E-state index in [1.807, 2.05) is 0 Å². The van der Waals surface area contributed by atoms with Crippen molar-refractivity contribution in [3.8, 4) is 0 Å². The number of carboxylic acids is 2. The molecule has 12 nitrogen and oxygen atoms in total. The summed E-state index contributed by atoms with van der Waals surface area (Å²) in [6.45, 7) is -0.107. The minimum Gasteiger partial charge on any atom is -0.481 e. The van der Waals surface area contributed by atoms with E-state index in [0.717, 1.165) is 0 Å². The lowest BCUT2D eigenvalue weighted by Gasteiger charge is -2.31. The van der Waals surface area contributed by atoms with Crippen molar-refractivity contribution in [1.82, 2.24) is 14.6 Å². The predicted octanol–water partition coefficient (Wildman–Crippen LogP) is -1.09. The molecule has 0 bridgehead atoms. The summed E-state index contributed by atoms with van der Waals surface area (Å²) in [5.41, 5.74) is 4.81. The van der Waals surface area contributed by atoms with Gasteiger partial charge in [0.05, 0.1) is 19.6 Å². The monoisotopic (exact) mass is 376 g/mol. The number of ether oxygens (including phenoxy) is 1. The van der Waals surface area contributed by atoms with E-state index in [1.54, 1.807) is 0 Å². The van der Waals surface area contributed by atoms with Crippen LogP contribution in [0.4, 0.5) is 5.82 Å². The first kappa shape index (κ1) is 19.1. The highest BCUT2D eigenvalue weighted by atomic mass is 31.2. The molecule has 1 saturated heterocycles. The molecule has 13 heteroatoms. The fourth-order valence-electron chi connectivity index (χ4n) is 2.07. The largest absolute Gasteiger partial charge is 0.481 e. The lowest BCUT2D eigenvalue weighted by molar-refractivity contribution is -0.145. The number of hydrogen-bond donors (Lipinski definition) is 4. The van der Waals surface area contributed by atoms with E-state index >= 15 is 0 Å². The van der Waals surface area contributed by atoms with Crippen LogP contribution in [0.3, 0.4) is 0 Å². The highest BCUT2D eigenvalue weighted by Gasteiger charge is 2.37. The number of hydrogen-bond acceptors (Lipinski definition) is 8. The summed E-state index contributed by atoms with van der Waals surface area (Å²) in [6.07, 6.45) is -0.417. The van der Waals surface area contributed by atoms with Crippen molar-refractivity contribution in [3.63, 3.8) is 0 Å². The molecule has 0 spiro atoms. The molecule has 1 aliphatic rings. The Morgan fingerprint density at radius 1 is 1.52 bits per heavy atom. The third kappa shape index (κ3) is 5.36. The van der Waals surface area contributed by atoms with Crippen molar-refractivity contribution >= 4 is 25.3 Å². The number of rotatable bonds is 7. The van der Waals surface area contributed by atoms with Crippen molar-refractivity contribution in [2.24, 2.45) is 0 Å². The van der Waals surface area contributed by atoms with Gasteiger partial charge < -0.3 is 25.2 Å². The molecule has 1 fully saturated rings. The van der Waals surface area contributed by atoms with Crippen molar-refractivity contribution in [2.45, 2.75) is 25.1 Å². The summed E-state index contributed by atoms with van der Waals surface area (Å²) in [7, 11) is -3.68. The van der Waals surface area contributed by atoms with Crippen LogP contribution < -0.4 is 16.5 Å². The molecular formula is C12H17N4O8P. The summed E-state index contributed by atoms with van der Waals surface area (Å²) in [4.78, 5) is 36.9. The number of nitrogen functional groups attached to an aromatic ring is 1. The minimum absolute atomic E-state index is 0.0730. The Bertz CT molecular complexity index is 754. The van der Waals surface area contributed by atoms with Crippen molar-refractivity contribution < 1.29 is 33.6 Å². The predicted molar refractivity (Wildman–Crippen MR) is 83.0 cm³/mol. The zero-order chi connectivity index (χ0) is 18.6. The van der Waals surface area contributed by atoms with Gasteiger partial charge in [0, 0.05) is 6.20 Å². The normalized spacial score (nSPS) is 24.6. The summed E-state index contributed by atoms with van der Waals surface area (Å²) in [5.74, 6) is -2.76. The number of aliphatic carboxylic acids is 2. The highest BCUT2D eigenvalue weighted by molar-refractivity contribution is 7.56. The van der Waals surface area contributed by atoms with Crippen LogP contribution in [-0.2, 0) is 30.0 Å². The Morgan fingerprint density at radius 3 is 2.76 bits per heavy atom. The van der Waals surface area contributed by atoms with E-state index in [0.29, 0.717) is 0 Å². The fraction of sp³-hybridized carbons (Fsp3) is 0.500. The Labute approximate surface area is 141 Å². The number of carbonyl (C=O) groups is 2. The average molecular weight is 376 g/mol. The zero-order valence-corrected chi connectivity index (χ0v) is 13.8. The maximum absolute atomic E-state index is 12.4. The van der Waals surface area contributed by atoms with Gasteiger partial charge in [0.25, 0.3) is 7.52 Å². The molecule has 138 valence electrons. The van der Waals surface area contributed by atoms with Crippen molar-refractivity contribution in [1.29, 1.82) is 0 Å². The summed E-state index contributed by atoms with van der Waals surface area (Å²) in [5, 5.41) is 19.9. The smallest absolute Gasteiger partial charge is 0.349 e. The van der Waals surface area contributed by atoms with Gasteiger partial charge in [-0.1, -0.05) is 0 Å². The molecule has 0 aromatic carbocycles. The molecule has 1 aromatic rings. The number of nitrogens with two attached hydrogens (primary N) is 1. The van der Waals surface area contributed by atoms with E-state index in [4.69, 9.17) is 25.2 Å². The van der Waals surface area contributed by atoms with Gasteiger partial charge >= 0.3 is 17.6 Å². The number of aromatic nitrogens is 2. The van der Waals surface area contributed by atoms with E-state index in [-0.39, 0.29) is 19.0 Å². The maximum Gasteiger partial charge on any atom is 0.349 e. The molecule has 0 radical (unpaired) electrons. The molecule has 0 aliphatic carbocycles. The van der Waals surface area contributed by atoms with Gasteiger partial charge in [0.1, 0.15) is 24.3 Å². The Morgan fingerprint density at radius 2 is 2.24 bits per heavy atom. The lowest BCUT2D eigenvalue weighted by atomic mass is 10.2. The number of anilines is 1. The van der Waals surface area contributed by atoms with Crippen LogP contribution in [0.5, 0.6) is 0 Å². The van der Waals surface area contributed by atoms with E-state index < -0.39 is 50.1 Å². The van der Waals surface area contributed by atoms with E-state index in [2.05, 4.69) is 10.1 Å². The Kier molecular flexibility index (Phi) is 5.90. The molecule has 1 aromatic heterocycles. The topological polar surface area (TPSA) is 183 Å². The van der Waals surface area contributed by atoms with Crippen molar-refractivity contribution in [3.05, 3.63) is 22.7 Å². The number of nitrogens with zero attached hydrogens (tertiary/aromatic N) is 2. The average Bonchev–Trinajstić information content (AvgIpc) is 2.51. The van der Waals surface area contributed by atoms with Crippen LogP contribution in [-0.4, -0.2) is 56.8 Å². The van der Waals surface area contributed by atoms with E-state index in [1.165, 1.54) is 16.8 Å². The molecule has 3 atom stereocenters. The van der Waals surface area contributed by atoms with Gasteiger partial charge in [0.15, 0.2) is 0 Å². The molecule has 25 heavy (non-hydrogen) atoms. The van der Waals surface area contributed by atoms with Crippen LogP contribution in [0.25, 0.3) is 0 Å². The molecule has 5 N–H and O–H groups in total. The third-order valence-electron chi connectivity index (χ3n) is 3.27. The molecule has 1 aliphatic heterocycles. The molecule has 2 rings (SSSR count). The second-order valence-electron chi connectivity index (χ2n) is 5.29. The van der Waals surface area contributed by atoms with Crippen LogP contribution in [0.15, 0.2) is 17.1 Å². The lowest BCUT2D eigenvalue weighted by Crippen LogP contribution is -2.41. The first-order valence-electron chi connectivity index (χ1n) is 7.09. The molecule has 2 heterocycles. The zero-order valence-electron chi connectivity index (χ0n) is 12.9. The van der Waals surface area contributed by atoms with Gasteiger partial charge in [-0.2, -0.15) is 4.98 Å². The second kappa shape index (κ2) is 7.74. The van der Waals surface area contributed by atoms with E-state index in [9.17, 15) is 18.9 Å². The SMILES string of the molecule is Nc1ccn(C[C@@H]2COP(=O)(NC(CC(=O)O)C(=O)O)CO2)c(=O)n1. The summed E-state index contributed by atoms with van der Waals surface area (Å²) < 4.78 is 24.2. The standard InChI is InChI=1S/C12H17N4O8P/c13-9-1-2-16(12(21)14-9)4-7-5-24-25(22,6-23-7)15-8(11(19)20)3-10(17)18/h1-2,7-8H,3-6H2,(H,15,22)(H,17,18)(H,19,20)(H2,13,14,21)/t7-,8?,25?/m1/s1. The Balaban J connectivity index is 1.95. The third-order valence-corrected chi connectivity index (χ3v) is 5.03. The maximum atomic E-state index is 12.4. The fourth-order valence-corrected chi connectivity index (χ4v) is 3.79. The van der Waals surface area contributed by atoms with Gasteiger partial charge in [-0.15, -0.1) is 0 Å². The molecule has 0 saturated carbocycles. The summed E-state index contributed by atoms with van der Waals surface area (Å²) in [6, 6.07) is -0.145. The number of carboxylic acid groups (broad SMARTS) is 2. The van der Waals surface area contributed by atoms with Gasteiger partial charge in [0.2, 0.25) is 0 Å². The quantitative estimate of drug-likeness (QED) is 0.424. The van der Waals surface area contributed by atoms with Gasteiger partial charge in [-0.3, -0.25) is 18.7 Å². The van der Waals surface area contributed by atoms with Gasteiger partial charge in [-0.05, 0) is 6.07 Å². The highest BCUT2D eigenvalue weighted by Crippen LogP contribution is 2.46. The van der Waals surface area contributed by atoms with Crippen LogP contribution in [0.2, 0.25) is 0 Å². The molecule has 2 unspecified atom stereocenters. The second-order valence-corrected chi connectivity index (χ2v) is 7.41. The van der Waals surface area contributed by atoms with Crippen LogP contribution in [0, 0.1) is 0 Å². The first-order valence-corrected chi connectivity index (χ1v) is 8.90. The number of nitrogens with one attached hydrogen (secondary N) is 1. The van der Waals surface area contributed by atoms with Gasteiger partial charge in [-0.25, -0.2) is 9.88 Å². The minimum atomic E-state index is -3.68. The Hall–Kier alpha value is -2.27.